The molecule has 0 aliphatic rings. The summed E-state index contributed by atoms with van der Waals surface area (Å²) in [6.07, 6.45) is 1.40. The van der Waals surface area contributed by atoms with Crippen LogP contribution < -0.4 is 4.90 Å². The molecule has 0 spiro atoms. The molecule has 11 heteroatoms. The maximum Gasteiger partial charge on any atom is 0.260 e. The van der Waals surface area contributed by atoms with Crippen molar-refractivity contribution in [3.05, 3.63) is 53.6 Å². The second-order valence-electron chi connectivity index (χ2n) is 8.64. The van der Waals surface area contributed by atoms with Crippen molar-refractivity contribution in [3.8, 4) is 0 Å². The summed E-state index contributed by atoms with van der Waals surface area (Å²) < 4.78 is 56.1. The van der Waals surface area contributed by atoms with Crippen LogP contribution in [0.1, 0.15) is 50.9 Å². The fraction of sp³-hybridized carbons (Fsp3) is 0.462. The molecule has 0 saturated heterocycles. The average molecular weight is 553 g/mol. The highest BCUT2D eigenvalue weighted by Gasteiger charge is 2.26. The first-order valence-corrected chi connectivity index (χ1v) is 14.8. The number of nitrogens with zero attached hydrogens (tertiary/aromatic N) is 4. The zero-order chi connectivity index (χ0) is 27.2. The number of hydrogen-bond acceptors (Lipinski definition) is 6. The van der Waals surface area contributed by atoms with Crippen LogP contribution in [0.3, 0.4) is 0 Å². The number of benzene rings is 2. The quantitative estimate of drug-likeness (QED) is 0.285. The first kappa shape index (κ1) is 29.1. The number of thiazole rings is 1. The molecule has 202 valence electrons. The van der Waals surface area contributed by atoms with Crippen molar-refractivity contribution in [2.45, 2.75) is 45.4 Å². The van der Waals surface area contributed by atoms with E-state index in [1.165, 1.54) is 39.5 Å². The van der Waals surface area contributed by atoms with Crippen molar-refractivity contribution < 1.29 is 22.0 Å². The number of likely N-dealkylation sites (N-methyl/N-ethyl adjacent to an activating group) is 1. The van der Waals surface area contributed by atoms with Gasteiger partial charge in [-0.05, 0) is 56.3 Å². The van der Waals surface area contributed by atoms with E-state index in [0.29, 0.717) is 37.2 Å². The van der Waals surface area contributed by atoms with Gasteiger partial charge in [0.05, 0.1) is 9.60 Å². The van der Waals surface area contributed by atoms with E-state index in [9.17, 15) is 22.0 Å². The maximum atomic E-state index is 14.3. The molecule has 0 saturated carbocycles. The molecule has 0 N–H and O–H groups in total. The molecule has 3 rings (SSSR count). The second-order valence-corrected chi connectivity index (χ2v) is 11.6. The average Bonchev–Trinajstić information content (AvgIpc) is 3.30. The summed E-state index contributed by atoms with van der Waals surface area (Å²) in [6.45, 7) is 11.1. The lowest BCUT2D eigenvalue weighted by atomic mass is 10.2. The molecule has 3 aromatic rings. The number of aromatic nitrogens is 1. The van der Waals surface area contributed by atoms with Crippen LogP contribution in [0.25, 0.3) is 10.2 Å². The molecule has 0 bridgehead atoms. The number of carbonyl (C=O) groups is 1. The van der Waals surface area contributed by atoms with Crippen molar-refractivity contribution in [3.63, 3.8) is 0 Å². The zero-order valence-electron chi connectivity index (χ0n) is 21.7. The predicted octanol–water partition coefficient (Wildman–Crippen LogP) is 5.37. The molecule has 0 radical (unpaired) electrons. The molecule has 0 unspecified atom stereocenters. The summed E-state index contributed by atoms with van der Waals surface area (Å²) in [7, 11) is -3.68. The summed E-state index contributed by atoms with van der Waals surface area (Å²) in [6, 6.07) is 7.83. The van der Waals surface area contributed by atoms with E-state index in [1.54, 1.807) is 0 Å². The molecule has 0 aliphatic heterocycles. The minimum atomic E-state index is -3.68. The van der Waals surface area contributed by atoms with E-state index in [-0.39, 0.29) is 27.7 Å². The van der Waals surface area contributed by atoms with Gasteiger partial charge in [-0.1, -0.05) is 39.0 Å². The maximum absolute atomic E-state index is 14.3. The Hall–Kier alpha value is -2.47. The molecule has 37 heavy (non-hydrogen) atoms. The number of amides is 1. The smallest absolute Gasteiger partial charge is 0.260 e. The Balaban J connectivity index is 1.95. The predicted molar refractivity (Wildman–Crippen MR) is 145 cm³/mol. The highest BCUT2D eigenvalue weighted by molar-refractivity contribution is 7.89. The second kappa shape index (κ2) is 12.9. The summed E-state index contributed by atoms with van der Waals surface area (Å²) in [4.78, 5) is 21.6. The van der Waals surface area contributed by atoms with E-state index in [4.69, 9.17) is 0 Å². The largest absolute Gasteiger partial charge is 0.302 e. The molecule has 0 atom stereocenters. The van der Waals surface area contributed by atoms with E-state index < -0.39 is 27.6 Å². The third-order valence-corrected chi connectivity index (χ3v) is 9.04. The van der Waals surface area contributed by atoms with Crippen molar-refractivity contribution in [1.29, 1.82) is 0 Å². The van der Waals surface area contributed by atoms with Crippen LogP contribution in [-0.2, 0) is 10.0 Å². The lowest BCUT2D eigenvalue weighted by molar-refractivity contribution is 0.0983. The SMILES string of the molecule is CCCN(CCC)S(=O)(=O)c1ccc(C(=O)N(CCN(CC)CC)c2nc3c(F)cc(F)cc3s2)cc1. The minimum absolute atomic E-state index is 0.00965. The van der Waals surface area contributed by atoms with Crippen LogP contribution in [-0.4, -0.2) is 67.8 Å². The Kier molecular flexibility index (Phi) is 10.1. The lowest BCUT2D eigenvalue weighted by Crippen LogP contribution is -2.39. The van der Waals surface area contributed by atoms with Crippen LogP contribution in [0.4, 0.5) is 13.9 Å². The molecular formula is C26H34F2N4O3S2. The van der Waals surface area contributed by atoms with Gasteiger partial charge in [0.2, 0.25) is 10.0 Å². The van der Waals surface area contributed by atoms with Crippen LogP contribution in [0.2, 0.25) is 0 Å². The number of halogens is 2. The van der Waals surface area contributed by atoms with Crippen molar-refractivity contribution in [1.82, 2.24) is 14.2 Å². The standard InChI is InChI=1S/C26H34F2N4O3S2/c1-5-13-31(14-6-2)37(34,35)21-11-9-19(10-12-21)25(33)32(16-15-30(7-3)8-4)26-29-24-22(28)17-20(27)18-23(24)36-26/h9-12,17-18H,5-8,13-16H2,1-4H3. The highest BCUT2D eigenvalue weighted by atomic mass is 32.2. The van der Waals surface area contributed by atoms with Gasteiger partial charge in [-0.15, -0.1) is 0 Å². The number of anilines is 1. The Morgan fingerprint density at radius 3 is 2.11 bits per heavy atom. The van der Waals surface area contributed by atoms with Crippen LogP contribution in [0.5, 0.6) is 0 Å². The highest BCUT2D eigenvalue weighted by Crippen LogP contribution is 2.32. The molecule has 1 aromatic heterocycles. The van der Waals surface area contributed by atoms with Gasteiger partial charge in [-0.2, -0.15) is 4.31 Å². The Labute approximate surface area is 221 Å². The first-order valence-electron chi connectivity index (χ1n) is 12.6. The van der Waals surface area contributed by atoms with Gasteiger partial charge in [0.1, 0.15) is 11.3 Å². The molecule has 1 heterocycles. The molecule has 0 fully saturated rings. The number of hydrogen-bond donors (Lipinski definition) is 0. The molecule has 7 nitrogen and oxygen atoms in total. The molecule has 2 aromatic carbocycles. The molecule has 0 aliphatic carbocycles. The molecule has 1 amide bonds. The number of fused-ring (bicyclic) bond motifs is 1. The topological polar surface area (TPSA) is 73.8 Å². The number of carbonyl (C=O) groups excluding carboxylic acids is 1. The van der Waals surface area contributed by atoms with E-state index >= 15 is 0 Å². The summed E-state index contributed by atoms with van der Waals surface area (Å²) in [5.41, 5.74) is 0.289. The van der Waals surface area contributed by atoms with Crippen LogP contribution in [0, 0.1) is 11.6 Å². The van der Waals surface area contributed by atoms with E-state index in [1.807, 2.05) is 27.7 Å². The Morgan fingerprint density at radius 2 is 1.54 bits per heavy atom. The third kappa shape index (κ3) is 6.70. The first-order chi connectivity index (χ1) is 17.7. The van der Waals surface area contributed by atoms with Crippen molar-refractivity contribution in [2.24, 2.45) is 0 Å². The number of rotatable bonds is 13. The summed E-state index contributed by atoms with van der Waals surface area (Å²) in [5.74, 6) is -1.89. The van der Waals surface area contributed by atoms with Crippen molar-refractivity contribution >= 4 is 42.6 Å². The lowest BCUT2D eigenvalue weighted by Gasteiger charge is -2.25. The fourth-order valence-corrected chi connectivity index (χ4v) is 6.70. The van der Waals surface area contributed by atoms with Crippen LogP contribution in [0.15, 0.2) is 41.3 Å². The summed E-state index contributed by atoms with van der Waals surface area (Å²) in [5, 5.41) is 0.255. The van der Waals surface area contributed by atoms with Gasteiger partial charge in [0, 0.05) is 37.8 Å². The van der Waals surface area contributed by atoms with E-state index in [2.05, 4.69) is 9.88 Å². The van der Waals surface area contributed by atoms with Gasteiger partial charge in [0.15, 0.2) is 10.9 Å². The molecular weight excluding hydrogens is 518 g/mol. The Bertz CT molecular complexity index is 1300. The normalized spacial score (nSPS) is 12.1. The summed E-state index contributed by atoms with van der Waals surface area (Å²) >= 11 is 1.04. The van der Waals surface area contributed by atoms with Crippen LogP contribution >= 0.6 is 11.3 Å². The number of sulfonamides is 1. The van der Waals surface area contributed by atoms with Crippen molar-refractivity contribution in [2.75, 3.05) is 44.2 Å². The van der Waals surface area contributed by atoms with E-state index in [0.717, 1.165) is 30.5 Å². The van der Waals surface area contributed by atoms with Gasteiger partial charge in [0.25, 0.3) is 5.91 Å². The van der Waals surface area contributed by atoms with Gasteiger partial charge in [-0.25, -0.2) is 22.2 Å². The zero-order valence-corrected chi connectivity index (χ0v) is 23.3. The monoisotopic (exact) mass is 552 g/mol. The minimum Gasteiger partial charge on any atom is -0.302 e. The van der Waals surface area contributed by atoms with Gasteiger partial charge in [-0.3, -0.25) is 9.69 Å². The van der Waals surface area contributed by atoms with Gasteiger partial charge >= 0.3 is 0 Å². The Morgan fingerprint density at radius 1 is 0.919 bits per heavy atom. The fourth-order valence-electron chi connectivity index (χ4n) is 4.05. The third-order valence-electron chi connectivity index (χ3n) is 6.10. The van der Waals surface area contributed by atoms with Gasteiger partial charge < -0.3 is 4.90 Å².